The molecule has 2 aliphatic rings. The monoisotopic (exact) mass is 319 g/mol. The van der Waals surface area contributed by atoms with Crippen molar-refractivity contribution >= 4 is 5.97 Å². The van der Waals surface area contributed by atoms with Crippen molar-refractivity contribution in [1.29, 1.82) is 0 Å². The van der Waals surface area contributed by atoms with Crippen LogP contribution in [-0.4, -0.2) is 49.3 Å². The highest BCUT2D eigenvalue weighted by atomic mass is 16.5. The van der Waals surface area contributed by atoms with E-state index >= 15 is 0 Å². The van der Waals surface area contributed by atoms with Crippen molar-refractivity contribution in [3.63, 3.8) is 0 Å². The van der Waals surface area contributed by atoms with Crippen molar-refractivity contribution in [3.05, 3.63) is 23.8 Å². The van der Waals surface area contributed by atoms with Crippen LogP contribution in [0.4, 0.5) is 0 Å². The van der Waals surface area contributed by atoms with Crippen LogP contribution >= 0.6 is 0 Å². The van der Waals surface area contributed by atoms with E-state index in [-0.39, 0.29) is 6.10 Å². The van der Waals surface area contributed by atoms with Gasteiger partial charge in [-0.2, -0.15) is 0 Å². The largest absolute Gasteiger partial charge is 0.493 e. The molecule has 126 valence electrons. The first-order valence-corrected chi connectivity index (χ1v) is 8.32. The first-order valence-electron chi connectivity index (χ1n) is 8.32. The zero-order valence-electron chi connectivity index (χ0n) is 13.9. The SMILES string of the molecule is COc1ccc(C2(C(=O)O)CCCCC2)cc1OC1CN(C)C1. The number of carboxylic acids is 1. The number of likely N-dealkylation sites (tertiary alicyclic amines) is 1. The Hall–Kier alpha value is -1.75. The van der Waals surface area contributed by atoms with Gasteiger partial charge in [-0.25, -0.2) is 0 Å². The van der Waals surface area contributed by atoms with E-state index in [1.807, 2.05) is 18.2 Å². The number of likely N-dealkylation sites (N-methyl/N-ethyl adjacent to an activating group) is 1. The molecule has 1 aromatic carbocycles. The summed E-state index contributed by atoms with van der Waals surface area (Å²) in [6.45, 7) is 1.77. The van der Waals surface area contributed by atoms with Gasteiger partial charge < -0.3 is 14.6 Å². The van der Waals surface area contributed by atoms with E-state index < -0.39 is 11.4 Å². The van der Waals surface area contributed by atoms with Crippen LogP contribution in [0.15, 0.2) is 18.2 Å². The Labute approximate surface area is 137 Å². The molecule has 0 bridgehead atoms. The van der Waals surface area contributed by atoms with Gasteiger partial charge >= 0.3 is 5.97 Å². The molecule has 23 heavy (non-hydrogen) atoms. The van der Waals surface area contributed by atoms with E-state index in [2.05, 4.69) is 11.9 Å². The van der Waals surface area contributed by atoms with Crippen LogP contribution < -0.4 is 9.47 Å². The molecule has 1 aliphatic heterocycles. The molecule has 3 rings (SSSR count). The number of rotatable bonds is 5. The molecule has 2 fully saturated rings. The molecule has 1 heterocycles. The molecule has 0 spiro atoms. The maximum atomic E-state index is 12.0. The highest BCUT2D eigenvalue weighted by Crippen LogP contribution is 2.43. The highest BCUT2D eigenvalue weighted by molar-refractivity contribution is 5.82. The third kappa shape index (κ3) is 3.02. The lowest BCUT2D eigenvalue weighted by Crippen LogP contribution is -2.51. The number of ether oxygens (including phenoxy) is 2. The number of nitrogens with zero attached hydrogens (tertiary/aromatic N) is 1. The van der Waals surface area contributed by atoms with Crippen LogP contribution in [0.5, 0.6) is 11.5 Å². The molecule has 5 heteroatoms. The average Bonchev–Trinajstić information content (AvgIpc) is 2.54. The zero-order valence-corrected chi connectivity index (χ0v) is 13.9. The van der Waals surface area contributed by atoms with Gasteiger partial charge in [0.25, 0.3) is 0 Å². The molecule has 1 aromatic rings. The van der Waals surface area contributed by atoms with Gasteiger partial charge in [0.1, 0.15) is 6.10 Å². The first-order chi connectivity index (χ1) is 11.0. The lowest BCUT2D eigenvalue weighted by Gasteiger charge is -2.37. The van der Waals surface area contributed by atoms with Crippen molar-refractivity contribution in [2.24, 2.45) is 0 Å². The number of carboxylic acid groups (broad SMARTS) is 1. The van der Waals surface area contributed by atoms with Crippen LogP contribution in [-0.2, 0) is 10.2 Å². The summed E-state index contributed by atoms with van der Waals surface area (Å²) in [6.07, 6.45) is 4.57. The summed E-state index contributed by atoms with van der Waals surface area (Å²) in [5, 5.41) is 9.85. The Morgan fingerprint density at radius 2 is 1.91 bits per heavy atom. The fourth-order valence-corrected chi connectivity index (χ4v) is 3.74. The summed E-state index contributed by atoms with van der Waals surface area (Å²) in [4.78, 5) is 14.2. The number of hydrogen-bond acceptors (Lipinski definition) is 4. The number of carbonyl (C=O) groups is 1. The first kappa shape index (κ1) is 16.1. The normalized spacial score (nSPS) is 21.5. The lowest BCUT2D eigenvalue weighted by molar-refractivity contribution is -0.145. The van der Waals surface area contributed by atoms with Gasteiger partial charge in [0.05, 0.1) is 12.5 Å². The molecule has 1 saturated heterocycles. The average molecular weight is 319 g/mol. The fraction of sp³-hybridized carbons (Fsp3) is 0.611. The maximum Gasteiger partial charge on any atom is 0.314 e. The van der Waals surface area contributed by atoms with E-state index in [1.54, 1.807) is 7.11 Å². The third-order valence-corrected chi connectivity index (χ3v) is 5.16. The van der Waals surface area contributed by atoms with E-state index in [1.165, 1.54) is 0 Å². The van der Waals surface area contributed by atoms with Crippen LogP contribution in [0.25, 0.3) is 0 Å². The molecular formula is C18H25NO4. The van der Waals surface area contributed by atoms with Crippen LogP contribution in [0.2, 0.25) is 0 Å². The van der Waals surface area contributed by atoms with Crippen LogP contribution in [0.3, 0.4) is 0 Å². The molecule has 0 atom stereocenters. The number of methoxy groups -OCH3 is 1. The summed E-state index contributed by atoms with van der Waals surface area (Å²) in [5.41, 5.74) is 0.0622. The fourth-order valence-electron chi connectivity index (χ4n) is 3.74. The Bertz CT molecular complexity index is 574. The molecule has 5 nitrogen and oxygen atoms in total. The standard InChI is InChI=1S/C18H25NO4/c1-19-11-14(12-19)23-16-10-13(6-7-15(16)22-2)18(17(20)21)8-4-3-5-9-18/h6-7,10,14H,3-5,8-9,11-12H2,1-2H3,(H,20,21). The Morgan fingerprint density at radius 3 is 2.48 bits per heavy atom. The molecule has 1 N–H and O–H groups in total. The Balaban J connectivity index is 1.90. The number of aliphatic carboxylic acids is 1. The quantitative estimate of drug-likeness (QED) is 0.904. The zero-order chi connectivity index (χ0) is 16.4. The number of hydrogen-bond donors (Lipinski definition) is 1. The number of benzene rings is 1. The van der Waals surface area contributed by atoms with Crippen LogP contribution in [0, 0.1) is 0 Å². The predicted octanol–water partition coefficient (Wildman–Crippen LogP) is 2.67. The van der Waals surface area contributed by atoms with Crippen molar-refractivity contribution < 1.29 is 19.4 Å². The van der Waals surface area contributed by atoms with Crippen molar-refractivity contribution in [3.8, 4) is 11.5 Å². The molecule has 0 amide bonds. The van der Waals surface area contributed by atoms with Crippen molar-refractivity contribution in [2.45, 2.75) is 43.6 Å². The lowest BCUT2D eigenvalue weighted by atomic mass is 9.69. The van der Waals surface area contributed by atoms with E-state index in [0.29, 0.717) is 24.3 Å². The minimum atomic E-state index is -0.779. The van der Waals surface area contributed by atoms with Gasteiger partial charge in [-0.15, -0.1) is 0 Å². The second-order valence-corrected chi connectivity index (χ2v) is 6.77. The summed E-state index contributed by atoms with van der Waals surface area (Å²) in [7, 11) is 3.66. The van der Waals surface area contributed by atoms with Crippen molar-refractivity contribution in [1.82, 2.24) is 4.90 Å². The van der Waals surface area contributed by atoms with Gasteiger partial charge in [0, 0.05) is 13.1 Å². The molecule has 0 aromatic heterocycles. The Morgan fingerprint density at radius 1 is 1.22 bits per heavy atom. The van der Waals surface area contributed by atoms with Gasteiger partial charge in [0.2, 0.25) is 0 Å². The second kappa shape index (κ2) is 6.40. The maximum absolute atomic E-state index is 12.0. The smallest absolute Gasteiger partial charge is 0.314 e. The van der Waals surface area contributed by atoms with Gasteiger partial charge in [-0.3, -0.25) is 9.69 Å². The van der Waals surface area contributed by atoms with E-state index in [9.17, 15) is 9.90 Å². The third-order valence-electron chi connectivity index (χ3n) is 5.16. The second-order valence-electron chi connectivity index (χ2n) is 6.77. The molecule has 1 aliphatic carbocycles. The summed E-state index contributed by atoms with van der Waals surface area (Å²) in [6, 6.07) is 5.61. The van der Waals surface area contributed by atoms with Gasteiger partial charge in [-0.05, 0) is 37.6 Å². The minimum Gasteiger partial charge on any atom is -0.493 e. The van der Waals surface area contributed by atoms with Crippen molar-refractivity contribution in [2.75, 3.05) is 27.2 Å². The molecule has 0 unspecified atom stereocenters. The summed E-state index contributed by atoms with van der Waals surface area (Å²) >= 11 is 0. The molecular weight excluding hydrogens is 294 g/mol. The van der Waals surface area contributed by atoms with Gasteiger partial charge in [-0.1, -0.05) is 25.3 Å². The summed E-state index contributed by atoms with van der Waals surface area (Å²) in [5.74, 6) is 0.602. The van der Waals surface area contributed by atoms with Crippen LogP contribution in [0.1, 0.15) is 37.7 Å². The highest BCUT2D eigenvalue weighted by Gasteiger charge is 2.42. The molecule has 1 saturated carbocycles. The predicted molar refractivity (Wildman–Crippen MR) is 87.3 cm³/mol. The minimum absolute atomic E-state index is 0.149. The summed E-state index contributed by atoms with van der Waals surface area (Å²) < 4.78 is 11.4. The Kier molecular flexibility index (Phi) is 4.48. The topological polar surface area (TPSA) is 59.0 Å². The molecule has 0 radical (unpaired) electrons. The van der Waals surface area contributed by atoms with E-state index in [4.69, 9.17) is 9.47 Å². The van der Waals surface area contributed by atoms with E-state index in [0.717, 1.165) is 37.9 Å². The van der Waals surface area contributed by atoms with Gasteiger partial charge in [0.15, 0.2) is 11.5 Å².